The summed E-state index contributed by atoms with van der Waals surface area (Å²) in [5, 5.41) is 0. The summed E-state index contributed by atoms with van der Waals surface area (Å²) < 4.78 is 15.7. The fraction of sp³-hybridized carbons (Fsp3) is 0.308. The highest BCUT2D eigenvalue weighted by atomic mass is 16.5. The molecule has 0 amide bonds. The average Bonchev–Trinajstić information content (AvgIpc) is 3.43. The van der Waals surface area contributed by atoms with Crippen LogP contribution < -0.4 is 15.2 Å². The molecule has 35 heavy (non-hydrogen) atoms. The van der Waals surface area contributed by atoms with Gasteiger partial charge >= 0.3 is 0 Å². The number of aryl methyl sites for hydroxylation is 1. The molecule has 0 spiro atoms. The first-order chi connectivity index (χ1) is 17.2. The third-order valence-electron chi connectivity index (χ3n) is 6.05. The number of morpholine rings is 1. The number of anilines is 1. The van der Waals surface area contributed by atoms with E-state index in [-0.39, 0.29) is 11.7 Å². The van der Waals surface area contributed by atoms with Gasteiger partial charge in [-0.25, -0.2) is 15.0 Å². The molecule has 0 bridgehead atoms. The van der Waals surface area contributed by atoms with Gasteiger partial charge in [-0.2, -0.15) is 0 Å². The molecule has 3 aromatic heterocycles. The molecule has 4 heterocycles. The molecule has 1 saturated heterocycles. The molecule has 0 N–H and O–H groups in total. The van der Waals surface area contributed by atoms with Crippen LogP contribution in [0.1, 0.15) is 18.1 Å². The van der Waals surface area contributed by atoms with Crippen LogP contribution in [0.5, 0.6) is 5.75 Å². The molecule has 0 saturated carbocycles. The Labute approximate surface area is 203 Å². The SMILES string of the molecule is Cn1c(N2CCO[C@@H](c3ccc(OCCCn4cccc4)cc3)C2)nc(-c2ccncn2)cc1=O. The summed E-state index contributed by atoms with van der Waals surface area (Å²) in [5.74, 6) is 1.44. The molecule has 1 aliphatic heterocycles. The number of benzene rings is 1. The third kappa shape index (κ3) is 5.41. The number of nitrogens with zero attached hydrogens (tertiary/aromatic N) is 6. The number of hydrogen-bond acceptors (Lipinski definition) is 7. The summed E-state index contributed by atoms with van der Waals surface area (Å²) in [6.07, 6.45) is 8.02. The Hall–Kier alpha value is -3.98. The second-order valence-electron chi connectivity index (χ2n) is 8.43. The van der Waals surface area contributed by atoms with E-state index in [1.165, 1.54) is 12.4 Å². The summed E-state index contributed by atoms with van der Waals surface area (Å²) in [7, 11) is 1.74. The molecule has 0 aliphatic carbocycles. The molecule has 9 heteroatoms. The molecule has 9 nitrogen and oxygen atoms in total. The Balaban J connectivity index is 1.24. The number of aromatic nitrogens is 5. The van der Waals surface area contributed by atoms with Crippen LogP contribution in [0.2, 0.25) is 0 Å². The molecule has 1 aromatic carbocycles. The van der Waals surface area contributed by atoms with Crippen LogP contribution in [0.25, 0.3) is 11.4 Å². The Kier molecular flexibility index (Phi) is 6.85. The second kappa shape index (κ2) is 10.5. The summed E-state index contributed by atoms with van der Waals surface area (Å²) in [5.41, 5.74) is 2.08. The van der Waals surface area contributed by atoms with Crippen molar-refractivity contribution in [2.24, 2.45) is 7.05 Å². The molecule has 5 rings (SSSR count). The highest BCUT2D eigenvalue weighted by Gasteiger charge is 2.25. The highest BCUT2D eigenvalue weighted by Crippen LogP contribution is 2.27. The molecular weight excluding hydrogens is 444 g/mol. The minimum absolute atomic E-state index is 0.133. The van der Waals surface area contributed by atoms with Gasteiger partial charge in [-0.15, -0.1) is 0 Å². The van der Waals surface area contributed by atoms with Gasteiger partial charge < -0.3 is 18.9 Å². The molecular formula is C26H28N6O3. The predicted molar refractivity (Wildman–Crippen MR) is 132 cm³/mol. The lowest BCUT2D eigenvalue weighted by Gasteiger charge is -2.34. The van der Waals surface area contributed by atoms with Crippen LogP contribution in [0.4, 0.5) is 5.95 Å². The minimum atomic E-state index is -0.134. The van der Waals surface area contributed by atoms with Crippen LogP contribution in [0.15, 0.2) is 78.2 Å². The zero-order chi connectivity index (χ0) is 24.0. The molecule has 0 unspecified atom stereocenters. The van der Waals surface area contributed by atoms with Crippen molar-refractivity contribution in [3.05, 3.63) is 89.4 Å². The molecule has 4 aromatic rings. The monoisotopic (exact) mass is 472 g/mol. The average molecular weight is 473 g/mol. The van der Waals surface area contributed by atoms with Gasteiger partial charge in [0.1, 0.15) is 18.2 Å². The summed E-state index contributed by atoms with van der Waals surface area (Å²) in [4.78, 5) is 27.7. The van der Waals surface area contributed by atoms with Crippen LogP contribution in [-0.2, 0) is 18.3 Å². The van der Waals surface area contributed by atoms with Gasteiger partial charge in [0.2, 0.25) is 5.95 Å². The van der Waals surface area contributed by atoms with Crippen LogP contribution in [0.3, 0.4) is 0 Å². The maximum absolute atomic E-state index is 12.6. The zero-order valence-corrected chi connectivity index (χ0v) is 19.7. The van der Waals surface area contributed by atoms with Crippen molar-refractivity contribution in [1.29, 1.82) is 0 Å². The van der Waals surface area contributed by atoms with E-state index in [4.69, 9.17) is 14.5 Å². The molecule has 1 atom stereocenters. The smallest absolute Gasteiger partial charge is 0.255 e. The molecule has 1 fully saturated rings. The van der Waals surface area contributed by atoms with E-state index in [9.17, 15) is 4.79 Å². The fourth-order valence-electron chi connectivity index (χ4n) is 4.15. The van der Waals surface area contributed by atoms with E-state index in [1.807, 2.05) is 36.4 Å². The lowest BCUT2D eigenvalue weighted by molar-refractivity contribution is 0.0389. The normalized spacial score (nSPS) is 15.8. The van der Waals surface area contributed by atoms with E-state index in [0.29, 0.717) is 43.6 Å². The maximum Gasteiger partial charge on any atom is 0.255 e. The van der Waals surface area contributed by atoms with Crippen LogP contribution >= 0.6 is 0 Å². The highest BCUT2D eigenvalue weighted by molar-refractivity contribution is 5.55. The first kappa shape index (κ1) is 22.8. The number of ether oxygens (including phenoxy) is 2. The van der Waals surface area contributed by atoms with Crippen LogP contribution in [-0.4, -0.2) is 50.4 Å². The van der Waals surface area contributed by atoms with E-state index >= 15 is 0 Å². The van der Waals surface area contributed by atoms with Crippen molar-refractivity contribution in [2.75, 3.05) is 31.2 Å². The van der Waals surface area contributed by atoms with Gasteiger partial charge in [-0.05, 0) is 42.3 Å². The summed E-state index contributed by atoms with van der Waals surface area (Å²) in [6, 6.07) is 15.3. The topological polar surface area (TPSA) is 87.3 Å². The summed E-state index contributed by atoms with van der Waals surface area (Å²) >= 11 is 0. The zero-order valence-electron chi connectivity index (χ0n) is 19.7. The second-order valence-corrected chi connectivity index (χ2v) is 8.43. The number of rotatable bonds is 8. The Bertz CT molecular complexity index is 1290. The first-order valence-corrected chi connectivity index (χ1v) is 11.7. The number of hydrogen-bond donors (Lipinski definition) is 0. The van der Waals surface area contributed by atoms with E-state index < -0.39 is 0 Å². The Morgan fingerprint density at radius 3 is 2.71 bits per heavy atom. The quantitative estimate of drug-likeness (QED) is 0.364. The maximum atomic E-state index is 12.6. The molecule has 1 aliphatic rings. The van der Waals surface area contributed by atoms with E-state index in [1.54, 1.807) is 23.9 Å². The first-order valence-electron chi connectivity index (χ1n) is 11.7. The summed E-state index contributed by atoms with van der Waals surface area (Å²) in [6.45, 7) is 3.37. The van der Waals surface area contributed by atoms with E-state index in [2.05, 4.69) is 31.8 Å². The van der Waals surface area contributed by atoms with Gasteiger partial charge in [0.25, 0.3) is 5.56 Å². The van der Waals surface area contributed by atoms with Crippen molar-refractivity contribution in [2.45, 2.75) is 19.1 Å². The van der Waals surface area contributed by atoms with Gasteiger partial charge in [0, 0.05) is 44.8 Å². The van der Waals surface area contributed by atoms with Gasteiger partial charge in [0.05, 0.1) is 31.1 Å². The van der Waals surface area contributed by atoms with Crippen molar-refractivity contribution in [3.8, 4) is 17.1 Å². The fourth-order valence-corrected chi connectivity index (χ4v) is 4.15. The Morgan fingerprint density at radius 1 is 1.11 bits per heavy atom. The van der Waals surface area contributed by atoms with Crippen molar-refractivity contribution >= 4 is 5.95 Å². The third-order valence-corrected chi connectivity index (χ3v) is 6.05. The van der Waals surface area contributed by atoms with Gasteiger partial charge in [0.15, 0.2) is 0 Å². The Morgan fingerprint density at radius 2 is 1.94 bits per heavy atom. The van der Waals surface area contributed by atoms with E-state index in [0.717, 1.165) is 24.3 Å². The minimum Gasteiger partial charge on any atom is -0.494 e. The lowest BCUT2D eigenvalue weighted by Crippen LogP contribution is -2.41. The van der Waals surface area contributed by atoms with Crippen molar-refractivity contribution in [3.63, 3.8) is 0 Å². The van der Waals surface area contributed by atoms with Gasteiger partial charge in [-0.3, -0.25) is 9.36 Å². The van der Waals surface area contributed by atoms with Gasteiger partial charge in [-0.1, -0.05) is 12.1 Å². The standard InChI is InChI=1S/C26H28N6O3/c1-30-25(33)17-23(22-9-10-27-19-28-22)29-26(30)32-14-16-35-24(18-32)20-5-7-21(8-6-20)34-15-4-13-31-11-2-3-12-31/h2-3,5-12,17,19,24H,4,13-16,18H2,1H3/t24-/m1/s1. The molecule has 180 valence electrons. The molecule has 0 radical (unpaired) electrons. The van der Waals surface area contributed by atoms with Crippen molar-refractivity contribution in [1.82, 2.24) is 24.1 Å². The predicted octanol–water partition coefficient (Wildman–Crippen LogP) is 3.09. The largest absolute Gasteiger partial charge is 0.494 e. The van der Waals surface area contributed by atoms with Crippen molar-refractivity contribution < 1.29 is 9.47 Å². The lowest BCUT2D eigenvalue weighted by atomic mass is 10.1. The van der Waals surface area contributed by atoms with Crippen LogP contribution in [0, 0.1) is 0 Å².